The number of nitrogens with one attached hydrogen (secondary N) is 1. The van der Waals surface area contributed by atoms with Gasteiger partial charge < -0.3 is 10.1 Å². The lowest BCUT2D eigenvalue weighted by molar-refractivity contribution is -0.274. The maximum absolute atomic E-state index is 12.3. The Kier molecular flexibility index (Phi) is 4.35. The summed E-state index contributed by atoms with van der Waals surface area (Å²) in [7, 11) is 0. The number of benzene rings is 2. The van der Waals surface area contributed by atoms with Crippen LogP contribution in [0.15, 0.2) is 53.3 Å². The van der Waals surface area contributed by atoms with E-state index in [2.05, 4.69) is 36.0 Å². The van der Waals surface area contributed by atoms with Gasteiger partial charge in [0.05, 0.1) is 20.5 Å². The lowest BCUT2D eigenvalue weighted by Crippen LogP contribution is -2.17. The molecule has 2 heterocycles. The number of ether oxygens (including phenoxy) is 1. The van der Waals surface area contributed by atoms with Crippen molar-refractivity contribution in [2.45, 2.75) is 6.36 Å². The Hall–Kier alpha value is -2.52. The minimum Gasteiger partial charge on any atom is -0.406 e. The van der Waals surface area contributed by atoms with E-state index in [0.29, 0.717) is 32.2 Å². The molecular weight excluding hydrogens is 449 g/mol. The first kappa shape index (κ1) is 17.9. The first-order chi connectivity index (χ1) is 12.8. The van der Waals surface area contributed by atoms with Crippen LogP contribution >= 0.6 is 27.5 Å². The van der Waals surface area contributed by atoms with Crippen LogP contribution in [-0.4, -0.2) is 20.7 Å². The van der Waals surface area contributed by atoms with Crippen LogP contribution in [-0.2, 0) is 0 Å². The molecule has 2 aromatic carbocycles. The Labute approximate surface area is 163 Å². The van der Waals surface area contributed by atoms with Gasteiger partial charge in [0, 0.05) is 18.1 Å². The number of alkyl halides is 3. The average molecular weight is 458 g/mol. The molecule has 0 aliphatic carbocycles. The van der Waals surface area contributed by atoms with Gasteiger partial charge in [0.1, 0.15) is 5.75 Å². The molecule has 1 N–H and O–H groups in total. The zero-order chi connectivity index (χ0) is 19.2. The smallest absolute Gasteiger partial charge is 0.406 e. The third-order valence-electron chi connectivity index (χ3n) is 3.72. The van der Waals surface area contributed by atoms with Gasteiger partial charge in [0.15, 0.2) is 11.5 Å². The summed E-state index contributed by atoms with van der Waals surface area (Å²) in [4.78, 5) is 8.86. The van der Waals surface area contributed by atoms with Gasteiger partial charge in [-0.3, -0.25) is 4.40 Å². The van der Waals surface area contributed by atoms with Gasteiger partial charge in [-0.1, -0.05) is 11.6 Å². The molecule has 0 aliphatic rings. The molecule has 0 radical (unpaired) electrons. The third-order valence-corrected chi connectivity index (χ3v) is 5.07. The molecule has 0 spiro atoms. The van der Waals surface area contributed by atoms with Crippen LogP contribution in [0.4, 0.5) is 24.7 Å². The molecule has 0 atom stereocenters. The fourth-order valence-corrected chi connectivity index (χ4v) is 3.32. The van der Waals surface area contributed by atoms with E-state index < -0.39 is 6.36 Å². The molecule has 0 aliphatic heterocycles. The van der Waals surface area contributed by atoms with Crippen molar-refractivity contribution < 1.29 is 17.9 Å². The van der Waals surface area contributed by atoms with E-state index in [1.54, 1.807) is 24.5 Å². The number of rotatable bonds is 3. The summed E-state index contributed by atoms with van der Waals surface area (Å²) in [5.74, 6) is 0.148. The van der Waals surface area contributed by atoms with Gasteiger partial charge >= 0.3 is 6.36 Å². The molecule has 0 amide bonds. The monoisotopic (exact) mass is 456 g/mol. The largest absolute Gasteiger partial charge is 0.573 e. The fourth-order valence-electron chi connectivity index (χ4n) is 2.64. The van der Waals surface area contributed by atoms with Gasteiger partial charge in [0.2, 0.25) is 0 Å². The van der Waals surface area contributed by atoms with Crippen molar-refractivity contribution in [2.75, 3.05) is 5.32 Å². The minimum absolute atomic E-state index is 0.302. The zero-order valence-corrected chi connectivity index (χ0v) is 15.6. The first-order valence-corrected chi connectivity index (χ1v) is 8.72. The van der Waals surface area contributed by atoms with Crippen LogP contribution in [0.3, 0.4) is 0 Å². The van der Waals surface area contributed by atoms with Gasteiger partial charge in [-0.25, -0.2) is 9.97 Å². The predicted molar refractivity (Wildman–Crippen MR) is 99.6 cm³/mol. The average Bonchev–Trinajstić information content (AvgIpc) is 3.08. The SMILES string of the molecule is FC(F)(F)Oc1ccc(Nc2nc3ccc(Cl)c(Br)c3n3ccnc23)cc1. The second kappa shape index (κ2) is 6.58. The lowest BCUT2D eigenvalue weighted by Gasteiger charge is -2.12. The molecule has 4 rings (SSSR count). The number of fused-ring (bicyclic) bond motifs is 3. The molecule has 10 heteroatoms. The highest BCUT2D eigenvalue weighted by Crippen LogP contribution is 2.33. The minimum atomic E-state index is -4.73. The number of hydrogen-bond donors (Lipinski definition) is 1. The highest BCUT2D eigenvalue weighted by molar-refractivity contribution is 9.10. The topological polar surface area (TPSA) is 51.5 Å². The summed E-state index contributed by atoms with van der Waals surface area (Å²) >= 11 is 9.63. The Morgan fingerprint density at radius 3 is 2.56 bits per heavy atom. The quantitative estimate of drug-likeness (QED) is 0.414. The van der Waals surface area contributed by atoms with Crippen LogP contribution < -0.4 is 10.1 Å². The standard InChI is InChI=1S/C17H9BrClF3N4O/c18-13-11(19)5-6-12-14(13)26-8-7-23-16(26)15(25-12)24-9-1-3-10(4-2-9)27-17(20,21)22/h1-8H,(H,24,25). The van der Waals surface area contributed by atoms with E-state index in [1.165, 1.54) is 24.3 Å². The molecule has 0 fully saturated rings. The van der Waals surface area contributed by atoms with Gasteiger partial charge in [-0.15, -0.1) is 13.2 Å². The van der Waals surface area contributed by atoms with Crippen LogP contribution in [0.25, 0.3) is 16.7 Å². The van der Waals surface area contributed by atoms with Crippen molar-refractivity contribution >= 4 is 55.7 Å². The summed E-state index contributed by atoms with van der Waals surface area (Å²) < 4.78 is 43.2. The molecule has 138 valence electrons. The van der Waals surface area contributed by atoms with Crippen molar-refractivity contribution in [3.63, 3.8) is 0 Å². The van der Waals surface area contributed by atoms with Crippen LogP contribution in [0.5, 0.6) is 5.75 Å². The number of aromatic nitrogens is 3. The number of hydrogen-bond acceptors (Lipinski definition) is 4. The number of anilines is 2. The fraction of sp³-hybridized carbons (Fsp3) is 0.0588. The van der Waals surface area contributed by atoms with Crippen molar-refractivity contribution in [3.8, 4) is 5.75 Å². The Morgan fingerprint density at radius 2 is 1.85 bits per heavy atom. The van der Waals surface area contributed by atoms with E-state index in [4.69, 9.17) is 11.6 Å². The van der Waals surface area contributed by atoms with E-state index in [9.17, 15) is 13.2 Å². The molecule has 0 unspecified atom stereocenters. The maximum Gasteiger partial charge on any atom is 0.573 e. The highest BCUT2D eigenvalue weighted by Gasteiger charge is 2.31. The van der Waals surface area contributed by atoms with Gasteiger partial charge in [-0.2, -0.15) is 0 Å². The summed E-state index contributed by atoms with van der Waals surface area (Å²) in [6.07, 6.45) is -1.34. The Bertz CT molecular complexity index is 1150. The van der Waals surface area contributed by atoms with Crippen molar-refractivity contribution in [2.24, 2.45) is 0 Å². The van der Waals surface area contributed by atoms with E-state index in [-0.39, 0.29) is 5.75 Å². The molecule has 27 heavy (non-hydrogen) atoms. The van der Waals surface area contributed by atoms with Gasteiger partial charge in [0.25, 0.3) is 0 Å². The second-order valence-electron chi connectivity index (χ2n) is 5.51. The highest BCUT2D eigenvalue weighted by atomic mass is 79.9. The molecule has 0 saturated heterocycles. The zero-order valence-electron chi connectivity index (χ0n) is 13.3. The molecule has 0 saturated carbocycles. The summed E-state index contributed by atoms with van der Waals surface area (Å²) in [6, 6.07) is 8.85. The summed E-state index contributed by atoms with van der Waals surface area (Å²) in [5.41, 5.74) is 2.50. The summed E-state index contributed by atoms with van der Waals surface area (Å²) in [6.45, 7) is 0. The van der Waals surface area contributed by atoms with Gasteiger partial charge in [-0.05, 0) is 52.3 Å². The number of halogens is 5. The normalized spacial score (nSPS) is 11.9. The third kappa shape index (κ3) is 3.52. The Balaban J connectivity index is 1.74. The molecule has 0 bridgehead atoms. The van der Waals surface area contributed by atoms with Crippen LogP contribution in [0.1, 0.15) is 0 Å². The van der Waals surface area contributed by atoms with E-state index in [1.807, 2.05) is 4.40 Å². The van der Waals surface area contributed by atoms with Crippen molar-refractivity contribution in [3.05, 3.63) is 58.3 Å². The van der Waals surface area contributed by atoms with Crippen LogP contribution in [0.2, 0.25) is 5.02 Å². The predicted octanol–water partition coefficient (Wildman–Crippen LogP) is 5.94. The number of nitrogens with zero attached hydrogens (tertiary/aromatic N) is 3. The number of imidazole rings is 1. The van der Waals surface area contributed by atoms with E-state index in [0.717, 1.165) is 5.52 Å². The second-order valence-corrected chi connectivity index (χ2v) is 6.71. The Morgan fingerprint density at radius 1 is 1.11 bits per heavy atom. The lowest BCUT2D eigenvalue weighted by atomic mass is 10.3. The van der Waals surface area contributed by atoms with Crippen LogP contribution in [0, 0.1) is 0 Å². The molecule has 2 aromatic heterocycles. The molecular formula is C17H9BrClF3N4O. The maximum atomic E-state index is 12.3. The van der Waals surface area contributed by atoms with E-state index >= 15 is 0 Å². The van der Waals surface area contributed by atoms with Crippen molar-refractivity contribution in [1.82, 2.24) is 14.4 Å². The molecule has 5 nitrogen and oxygen atoms in total. The summed E-state index contributed by atoms with van der Waals surface area (Å²) in [5, 5.41) is 3.61. The van der Waals surface area contributed by atoms with Crippen molar-refractivity contribution in [1.29, 1.82) is 0 Å². The molecule has 4 aromatic rings. The first-order valence-electron chi connectivity index (χ1n) is 7.55.